The number of rotatable bonds is 5. The van der Waals surface area contributed by atoms with Crippen molar-refractivity contribution < 1.29 is 13.5 Å². The SMILES string of the molecule is CNC(C)c1c(OC)cccc1Sc1ccc(F)cc1F. The van der Waals surface area contributed by atoms with E-state index in [0.717, 1.165) is 22.3 Å². The van der Waals surface area contributed by atoms with Crippen LogP contribution in [-0.4, -0.2) is 14.2 Å². The van der Waals surface area contributed by atoms with Crippen molar-refractivity contribution in [1.82, 2.24) is 5.32 Å². The van der Waals surface area contributed by atoms with Gasteiger partial charge in [0.2, 0.25) is 0 Å². The van der Waals surface area contributed by atoms with Crippen LogP contribution in [0.15, 0.2) is 46.2 Å². The zero-order valence-electron chi connectivity index (χ0n) is 12.1. The third-order valence-corrected chi connectivity index (χ3v) is 4.35. The molecule has 2 aromatic rings. The lowest BCUT2D eigenvalue weighted by molar-refractivity contribution is 0.401. The van der Waals surface area contributed by atoms with Crippen molar-refractivity contribution in [3.63, 3.8) is 0 Å². The van der Waals surface area contributed by atoms with Crippen LogP contribution < -0.4 is 10.1 Å². The van der Waals surface area contributed by atoms with Gasteiger partial charge >= 0.3 is 0 Å². The van der Waals surface area contributed by atoms with Crippen molar-refractivity contribution in [2.24, 2.45) is 0 Å². The molecule has 21 heavy (non-hydrogen) atoms. The molecule has 0 amide bonds. The van der Waals surface area contributed by atoms with Crippen LogP contribution in [0.2, 0.25) is 0 Å². The summed E-state index contributed by atoms with van der Waals surface area (Å²) in [6.07, 6.45) is 0. The molecule has 0 fully saturated rings. The standard InChI is InChI=1S/C16H17F2NOS/c1-10(19-2)16-13(20-3)5-4-6-15(16)21-14-8-7-11(17)9-12(14)18/h4-10,19H,1-3H3. The fraction of sp³-hybridized carbons (Fsp3) is 0.250. The summed E-state index contributed by atoms with van der Waals surface area (Å²) in [4.78, 5) is 1.26. The van der Waals surface area contributed by atoms with E-state index in [4.69, 9.17) is 4.74 Å². The fourth-order valence-electron chi connectivity index (χ4n) is 2.04. The Bertz CT molecular complexity index is 634. The minimum Gasteiger partial charge on any atom is -0.496 e. The van der Waals surface area contributed by atoms with Crippen molar-refractivity contribution in [2.45, 2.75) is 22.8 Å². The molecule has 5 heteroatoms. The molecule has 0 bridgehead atoms. The second-order valence-corrected chi connectivity index (χ2v) is 5.64. The predicted octanol–water partition coefficient (Wildman–Crippen LogP) is 4.41. The first-order valence-corrected chi connectivity index (χ1v) is 7.35. The van der Waals surface area contributed by atoms with E-state index in [1.54, 1.807) is 7.11 Å². The van der Waals surface area contributed by atoms with Gasteiger partial charge in [0.05, 0.1) is 7.11 Å². The van der Waals surface area contributed by atoms with E-state index in [9.17, 15) is 8.78 Å². The summed E-state index contributed by atoms with van der Waals surface area (Å²) in [5, 5.41) is 3.16. The molecule has 0 aromatic heterocycles. The molecule has 0 heterocycles. The van der Waals surface area contributed by atoms with Gasteiger partial charge in [-0.1, -0.05) is 17.8 Å². The Morgan fingerprint density at radius 3 is 2.52 bits per heavy atom. The summed E-state index contributed by atoms with van der Waals surface area (Å²) in [6, 6.07) is 9.27. The zero-order valence-corrected chi connectivity index (χ0v) is 12.9. The first-order chi connectivity index (χ1) is 10.1. The highest BCUT2D eigenvalue weighted by atomic mass is 32.2. The topological polar surface area (TPSA) is 21.3 Å². The molecule has 0 aliphatic rings. The molecule has 2 rings (SSSR count). The van der Waals surface area contributed by atoms with Crippen molar-refractivity contribution in [2.75, 3.05) is 14.2 Å². The number of ether oxygens (including phenoxy) is 1. The Labute approximate surface area is 127 Å². The summed E-state index contributed by atoms with van der Waals surface area (Å²) in [6.45, 7) is 2.00. The van der Waals surface area contributed by atoms with Gasteiger partial charge in [0.25, 0.3) is 0 Å². The van der Waals surface area contributed by atoms with Gasteiger partial charge in [-0.05, 0) is 38.2 Å². The van der Waals surface area contributed by atoms with E-state index in [1.807, 2.05) is 32.2 Å². The van der Waals surface area contributed by atoms with Crippen molar-refractivity contribution >= 4 is 11.8 Å². The summed E-state index contributed by atoms with van der Waals surface area (Å²) >= 11 is 1.26. The quantitative estimate of drug-likeness (QED) is 0.884. The Hall–Kier alpha value is -1.59. The van der Waals surface area contributed by atoms with E-state index in [0.29, 0.717) is 4.90 Å². The maximum absolute atomic E-state index is 13.8. The van der Waals surface area contributed by atoms with Gasteiger partial charge < -0.3 is 10.1 Å². The molecule has 0 aliphatic heterocycles. The maximum atomic E-state index is 13.8. The first-order valence-electron chi connectivity index (χ1n) is 6.54. The molecular formula is C16H17F2NOS. The van der Waals surface area contributed by atoms with Crippen molar-refractivity contribution in [3.8, 4) is 5.75 Å². The molecule has 0 saturated carbocycles. The fourth-order valence-corrected chi connectivity index (χ4v) is 3.10. The maximum Gasteiger partial charge on any atom is 0.140 e. The van der Waals surface area contributed by atoms with E-state index < -0.39 is 11.6 Å². The molecule has 1 unspecified atom stereocenters. The van der Waals surface area contributed by atoms with Gasteiger partial charge in [-0.25, -0.2) is 8.78 Å². The Morgan fingerprint density at radius 2 is 1.90 bits per heavy atom. The summed E-state index contributed by atoms with van der Waals surface area (Å²) < 4.78 is 32.2. The van der Waals surface area contributed by atoms with E-state index in [1.165, 1.54) is 23.9 Å². The lowest BCUT2D eigenvalue weighted by Crippen LogP contribution is -2.14. The molecule has 112 valence electrons. The molecule has 1 N–H and O–H groups in total. The van der Waals surface area contributed by atoms with Gasteiger partial charge in [-0.2, -0.15) is 0 Å². The van der Waals surface area contributed by atoms with E-state index in [2.05, 4.69) is 5.32 Å². The largest absolute Gasteiger partial charge is 0.496 e. The smallest absolute Gasteiger partial charge is 0.140 e. The molecule has 0 radical (unpaired) electrons. The van der Waals surface area contributed by atoms with Gasteiger partial charge in [-0.15, -0.1) is 0 Å². The molecule has 2 aromatic carbocycles. The highest BCUT2D eigenvalue weighted by Crippen LogP contribution is 2.39. The molecule has 0 aliphatic carbocycles. The number of halogens is 2. The monoisotopic (exact) mass is 309 g/mol. The third kappa shape index (κ3) is 3.54. The van der Waals surface area contributed by atoms with Gasteiger partial charge in [0.15, 0.2) is 0 Å². The Kier molecular flexibility index (Phi) is 5.20. The number of hydrogen-bond acceptors (Lipinski definition) is 3. The van der Waals surface area contributed by atoms with Crippen molar-refractivity contribution in [3.05, 3.63) is 53.6 Å². The van der Waals surface area contributed by atoms with E-state index in [-0.39, 0.29) is 6.04 Å². The normalized spacial score (nSPS) is 12.2. The van der Waals surface area contributed by atoms with Crippen LogP contribution in [0.3, 0.4) is 0 Å². The molecule has 0 spiro atoms. The lowest BCUT2D eigenvalue weighted by atomic mass is 10.1. The molecular weight excluding hydrogens is 292 g/mol. The van der Waals surface area contributed by atoms with Crippen LogP contribution in [0, 0.1) is 11.6 Å². The Morgan fingerprint density at radius 1 is 1.14 bits per heavy atom. The van der Waals surface area contributed by atoms with Crippen LogP contribution in [0.25, 0.3) is 0 Å². The number of nitrogens with one attached hydrogen (secondary N) is 1. The lowest BCUT2D eigenvalue weighted by Gasteiger charge is -2.19. The first kappa shape index (κ1) is 15.8. The second-order valence-electron chi connectivity index (χ2n) is 4.56. The second kappa shape index (κ2) is 6.91. The van der Waals surface area contributed by atoms with Gasteiger partial charge in [-0.3, -0.25) is 0 Å². The molecule has 0 saturated heterocycles. The van der Waals surface area contributed by atoms with Crippen LogP contribution >= 0.6 is 11.8 Å². The van der Waals surface area contributed by atoms with Crippen molar-refractivity contribution in [1.29, 1.82) is 0 Å². The molecule has 2 nitrogen and oxygen atoms in total. The summed E-state index contributed by atoms with van der Waals surface area (Å²) in [5.41, 5.74) is 0.955. The minimum atomic E-state index is -0.577. The zero-order chi connectivity index (χ0) is 15.4. The van der Waals surface area contributed by atoms with Gasteiger partial charge in [0, 0.05) is 27.5 Å². The average Bonchev–Trinajstić information content (AvgIpc) is 2.49. The van der Waals surface area contributed by atoms with Crippen LogP contribution in [-0.2, 0) is 0 Å². The predicted molar refractivity (Wildman–Crippen MR) is 80.9 cm³/mol. The minimum absolute atomic E-state index is 0.0483. The number of hydrogen-bond donors (Lipinski definition) is 1. The number of methoxy groups -OCH3 is 1. The molecule has 1 atom stereocenters. The van der Waals surface area contributed by atoms with E-state index >= 15 is 0 Å². The van der Waals surface area contributed by atoms with Crippen LogP contribution in [0.4, 0.5) is 8.78 Å². The highest BCUT2D eigenvalue weighted by molar-refractivity contribution is 7.99. The number of benzene rings is 2. The average molecular weight is 309 g/mol. The summed E-state index contributed by atoms with van der Waals surface area (Å²) in [7, 11) is 3.46. The third-order valence-electron chi connectivity index (χ3n) is 3.23. The van der Waals surface area contributed by atoms with Crippen LogP contribution in [0.1, 0.15) is 18.5 Å². The van der Waals surface area contributed by atoms with Gasteiger partial charge in [0.1, 0.15) is 17.4 Å². The summed E-state index contributed by atoms with van der Waals surface area (Å²) in [5.74, 6) is -0.401. The van der Waals surface area contributed by atoms with Crippen LogP contribution in [0.5, 0.6) is 5.75 Å². The highest BCUT2D eigenvalue weighted by Gasteiger charge is 2.17. The Balaban J connectivity index is 2.43.